The van der Waals surface area contributed by atoms with Crippen LogP contribution in [0.1, 0.15) is 39.2 Å². The number of sulfone groups is 1. The number of hydrogen-bond donors (Lipinski definition) is 2. The molecule has 0 fully saturated rings. The second-order valence-corrected chi connectivity index (χ2v) is 10.2. The summed E-state index contributed by atoms with van der Waals surface area (Å²) in [5, 5.41) is 7.03. The zero-order valence-corrected chi connectivity index (χ0v) is 20.5. The fraction of sp³-hybridized carbons (Fsp3) is 0.185. The molecule has 36 heavy (non-hydrogen) atoms. The van der Waals surface area contributed by atoms with Gasteiger partial charge < -0.3 is 10.3 Å². The number of nitrogens with one attached hydrogen (secondary N) is 2. The van der Waals surface area contributed by atoms with Crippen molar-refractivity contribution in [2.24, 2.45) is 7.05 Å². The number of carbonyl (C=O) groups is 1. The summed E-state index contributed by atoms with van der Waals surface area (Å²) in [6.07, 6.45) is 7.02. The molecule has 2 aromatic heterocycles. The van der Waals surface area contributed by atoms with Gasteiger partial charge in [0.25, 0.3) is 5.91 Å². The number of amides is 1. The van der Waals surface area contributed by atoms with Crippen LogP contribution < -0.4 is 5.32 Å². The summed E-state index contributed by atoms with van der Waals surface area (Å²) in [5.41, 5.74) is 2.57. The minimum Gasteiger partial charge on any atom is -0.367 e. The normalized spacial score (nSPS) is 11.1. The number of nitrogens with zero attached hydrogens (tertiary/aromatic N) is 2. The molecule has 2 N–H and O–H groups in total. The van der Waals surface area contributed by atoms with Gasteiger partial charge in [0.1, 0.15) is 5.82 Å². The van der Waals surface area contributed by atoms with Gasteiger partial charge in [-0.15, -0.1) is 0 Å². The SMILES string of the molecule is Cn1ccc(CS(=O)(=O)c2ccc(C(=O)NCCCc3cc[nH]c3)cc2C#Cc2ccc(F)cc2)n1. The average molecular weight is 505 g/mol. The number of aromatic amines is 1. The molecule has 1 amide bonds. The fourth-order valence-corrected chi connectivity index (χ4v) is 5.06. The van der Waals surface area contributed by atoms with Gasteiger partial charge in [0.15, 0.2) is 9.84 Å². The molecular weight excluding hydrogens is 479 g/mol. The molecule has 9 heteroatoms. The number of benzene rings is 2. The van der Waals surface area contributed by atoms with Crippen LogP contribution in [-0.4, -0.2) is 35.6 Å². The Morgan fingerprint density at radius 3 is 2.61 bits per heavy atom. The van der Waals surface area contributed by atoms with Crippen molar-refractivity contribution in [1.29, 1.82) is 0 Å². The predicted molar refractivity (Wildman–Crippen MR) is 134 cm³/mol. The number of aryl methyl sites for hydroxylation is 2. The summed E-state index contributed by atoms with van der Waals surface area (Å²) in [7, 11) is -2.09. The number of hydrogen-bond acceptors (Lipinski definition) is 4. The predicted octanol–water partition coefficient (Wildman–Crippen LogP) is 3.62. The summed E-state index contributed by atoms with van der Waals surface area (Å²) in [6.45, 7) is 0.473. The van der Waals surface area contributed by atoms with E-state index in [2.05, 4.69) is 27.2 Å². The smallest absolute Gasteiger partial charge is 0.251 e. The van der Waals surface area contributed by atoms with Gasteiger partial charge in [-0.2, -0.15) is 5.10 Å². The third-order valence-corrected chi connectivity index (χ3v) is 7.16. The Morgan fingerprint density at radius 1 is 1.11 bits per heavy atom. The van der Waals surface area contributed by atoms with Gasteiger partial charge in [-0.3, -0.25) is 9.48 Å². The molecule has 0 saturated carbocycles. The first-order valence-electron chi connectivity index (χ1n) is 11.3. The minimum absolute atomic E-state index is 0.00627. The van der Waals surface area contributed by atoms with Gasteiger partial charge in [-0.25, -0.2) is 12.8 Å². The number of halogens is 1. The quantitative estimate of drug-likeness (QED) is 0.283. The van der Waals surface area contributed by atoms with E-state index in [1.807, 2.05) is 18.5 Å². The lowest BCUT2D eigenvalue weighted by Gasteiger charge is -2.09. The molecule has 0 aliphatic rings. The monoisotopic (exact) mass is 504 g/mol. The molecule has 7 nitrogen and oxygen atoms in total. The highest BCUT2D eigenvalue weighted by atomic mass is 32.2. The number of H-pyrrole nitrogens is 1. The summed E-state index contributed by atoms with van der Waals surface area (Å²) < 4.78 is 41.2. The zero-order chi connectivity index (χ0) is 25.5. The Kier molecular flexibility index (Phi) is 7.66. The van der Waals surface area contributed by atoms with Crippen molar-refractivity contribution >= 4 is 15.7 Å². The van der Waals surface area contributed by atoms with Crippen LogP contribution in [0.4, 0.5) is 4.39 Å². The second-order valence-electron chi connectivity index (χ2n) is 8.29. The zero-order valence-electron chi connectivity index (χ0n) is 19.7. The van der Waals surface area contributed by atoms with Crippen LogP contribution in [0.5, 0.6) is 0 Å². The number of carbonyl (C=O) groups excluding carboxylic acids is 1. The van der Waals surface area contributed by atoms with Crippen molar-refractivity contribution in [2.75, 3.05) is 6.54 Å². The highest BCUT2D eigenvalue weighted by Crippen LogP contribution is 2.22. The number of aromatic nitrogens is 3. The Morgan fingerprint density at radius 2 is 1.92 bits per heavy atom. The highest BCUT2D eigenvalue weighted by molar-refractivity contribution is 7.90. The van der Waals surface area contributed by atoms with E-state index in [-0.39, 0.29) is 22.1 Å². The van der Waals surface area contributed by atoms with E-state index in [1.165, 1.54) is 47.1 Å². The van der Waals surface area contributed by atoms with Crippen LogP contribution in [0.25, 0.3) is 0 Å². The van der Waals surface area contributed by atoms with E-state index < -0.39 is 15.7 Å². The molecule has 0 aliphatic heterocycles. The maximum Gasteiger partial charge on any atom is 0.251 e. The molecule has 4 aromatic rings. The van der Waals surface area contributed by atoms with Crippen molar-refractivity contribution in [3.05, 3.63) is 107 Å². The van der Waals surface area contributed by atoms with E-state index in [9.17, 15) is 17.6 Å². The maximum absolute atomic E-state index is 13.2. The van der Waals surface area contributed by atoms with Gasteiger partial charge in [0.05, 0.1) is 16.3 Å². The molecule has 0 aliphatic carbocycles. The van der Waals surface area contributed by atoms with Gasteiger partial charge in [0, 0.05) is 48.9 Å². The average Bonchev–Trinajstić information content (AvgIpc) is 3.52. The van der Waals surface area contributed by atoms with Crippen molar-refractivity contribution in [3.63, 3.8) is 0 Å². The summed E-state index contributed by atoms with van der Waals surface area (Å²) in [5.74, 6) is 4.72. The third-order valence-electron chi connectivity index (χ3n) is 5.46. The molecule has 0 unspecified atom stereocenters. The van der Waals surface area contributed by atoms with Crippen LogP contribution in [0.2, 0.25) is 0 Å². The Bertz CT molecular complexity index is 1510. The number of rotatable bonds is 8. The molecule has 2 aromatic carbocycles. The lowest BCUT2D eigenvalue weighted by atomic mass is 10.1. The van der Waals surface area contributed by atoms with E-state index >= 15 is 0 Å². The van der Waals surface area contributed by atoms with Crippen LogP contribution >= 0.6 is 0 Å². The summed E-state index contributed by atoms with van der Waals surface area (Å²) in [6, 6.07) is 13.5. The molecular formula is C27H25FN4O3S. The van der Waals surface area contributed by atoms with Gasteiger partial charge >= 0.3 is 0 Å². The van der Waals surface area contributed by atoms with Crippen molar-refractivity contribution in [1.82, 2.24) is 20.1 Å². The molecule has 0 atom stereocenters. The Balaban J connectivity index is 1.58. The molecule has 0 bridgehead atoms. The molecule has 0 spiro atoms. The first kappa shape index (κ1) is 24.9. The summed E-state index contributed by atoms with van der Waals surface area (Å²) in [4.78, 5) is 15.8. The standard InChI is InChI=1S/C27H25FN4O3S/c1-32-16-13-25(31-32)19-36(34,35)26-11-8-23(27(33)30-14-2-3-21-12-15-29-18-21)17-22(26)7-4-20-5-9-24(28)10-6-20/h5-6,8-13,15-18,29H,2-3,14,19H2,1H3,(H,30,33). The van der Waals surface area contributed by atoms with Crippen molar-refractivity contribution < 1.29 is 17.6 Å². The van der Waals surface area contributed by atoms with Gasteiger partial charge in [-0.05, 0) is 73.0 Å². The second kappa shape index (κ2) is 11.1. The molecule has 0 saturated heterocycles. The molecule has 2 heterocycles. The minimum atomic E-state index is -3.80. The highest BCUT2D eigenvalue weighted by Gasteiger charge is 2.21. The van der Waals surface area contributed by atoms with Crippen LogP contribution in [0, 0.1) is 17.7 Å². The van der Waals surface area contributed by atoms with E-state index in [4.69, 9.17) is 0 Å². The van der Waals surface area contributed by atoms with Crippen LogP contribution in [-0.2, 0) is 29.1 Å². The van der Waals surface area contributed by atoms with Crippen LogP contribution in [0.3, 0.4) is 0 Å². The molecule has 184 valence electrons. The first-order valence-corrected chi connectivity index (χ1v) is 13.0. The molecule has 4 rings (SSSR count). The topological polar surface area (TPSA) is 96.9 Å². The van der Waals surface area contributed by atoms with Crippen molar-refractivity contribution in [2.45, 2.75) is 23.5 Å². The largest absolute Gasteiger partial charge is 0.367 e. The molecule has 0 radical (unpaired) electrons. The fourth-order valence-electron chi connectivity index (χ4n) is 3.64. The Hall–Kier alpha value is -4.16. The van der Waals surface area contributed by atoms with Gasteiger partial charge in [-0.1, -0.05) is 11.8 Å². The van der Waals surface area contributed by atoms with E-state index in [0.29, 0.717) is 23.4 Å². The van der Waals surface area contributed by atoms with Gasteiger partial charge in [0.2, 0.25) is 0 Å². The summed E-state index contributed by atoms with van der Waals surface area (Å²) >= 11 is 0. The van der Waals surface area contributed by atoms with Crippen molar-refractivity contribution in [3.8, 4) is 11.8 Å². The third kappa shape index (κ3) is 6.49. The lowest BCUT2D eigenvalue weighted by Crippen LogP contribution is -2.25. The Labute approximate surface area is 209 Å². The lowest BCUT2D eigenvalue weighted by molar-refractivity contribution is 0.0953. The van der Waals surface area contributed by atoms with E-state index in [0.717, 1.165) is 18.4 Å². The van der Waals surface area contributed by atoms with E-state index in [1.54, 1.807) is 19.3 Å². The van der Waals surface area contributed by atoms with Crippen LogP contribution in [0.15, 0.2) is 78.1 Å². The maximum atomic E-state index is 13.2. The first-order chi connectivity index (χ1) is 17.3.